The molecule has 27 heavy (non-hydrogen) atoms. The second kappa shape index (κ2) is 5.88. The summed E-state index contributed by atoms with van der Waals surface area (Å²) >= 11 is 0. The molecule has 0 atom stereocenters. The van der Waals surface area contributed by atoms with Crippen molar-refractivity contribution in [3.8, 4) is 0 Å². The van der Waals surface area contributed by atoms with Gasteiger partial charge in [-0.1, -0.05) is 66.7 Å². The Morgan fingerprint density at radius 3 is 2.00 bits per heavy atom. The quantitative estimate of drug-likeness (QED) is 0.391. The fourth-order valence-electron chi connectivity index (χ4n) is 3.61. The van der Waals surface area contributed by atoms with Gasteiger partial charge in [0.15, 0.2) is 0 Å². The minimum Gasteiger partial charge on any atom is -0.267 e. The molecule has 0 radical (unpaired) electrons. The van der Waals surface area contributed by atoms with Crippen molar-refractivity contribution in [3.05, 3.63) is 95.6 Å². The van der Waals surface area contributed by atoms with E-state index < -0.39 is 11.8 Å². The van der Waals surface area contributed by atoms with E-state index in [1.54, 1.807) is 18.3 Å². The molecular formula is C23H14N2O2. The van der Waals surface area contributed by atoms with Gasteiger partial charge in [-0.15, -0.1) is 0 Å². The Morgan fingerprint density at radius 2 is 1.26 bits per heavy atom. The van der Waals surface area contributed by atoms with E-state index in [0.717, 1.165) is 26.7 Å². The summed E-state index contributed by atoms with van der Waals surface area (Å²) in [6.07, 6.45) is 1.58. The molecule has 5 rings (SSSR count). The third-order valence-electron chi connectivity index (χ3n) is 4.89. The minimum absolute atomic E-state index is 0.402. The number of carbonyl (C=O) groups excluding carboxylic acids is 2. The molecule has 4 aromatic rings. The van der Waals surface area contributed by atoms with Crippen LogP contribution in [0.25, 0.3) is 21.5 Å². The smallest absolute Gasteiger partial charge is 0.267 e. The number of carbonyl (C=O) groups is 2. The number of imide groups is 1. The fourth-order valence-corrected chi connectivity index (χ4v) is 3.61. The lowest BCUT2D eigenvalue weighted by molar-refractivity contribution is 0.0616. The van der Waals surface area contributed by atoms with Gasteiger partial charge in [-0.3, -0.25) is 9.59 Å². The van der Waals surface area contributed by atoms with Crippen molar-refractivity contribution in [1.29, 1.82) is 0 Å². The molecule has 0 aromatic heterocycles. The average molecular weight is 350 g/mol. The summed E-state index contributed by atoms with van der Waals surface area (Å²) in [5.74, 6) is -0.804. The van der Waals surface area contributed by atoms with E-state index in [-0.39, 0.29) is 0 Å². The van der Waals surface area contributed by atoms with Gasteiger partial charge in [-0.2, -0.15) is 10.1 Å². The first-order valence-electron chi connectivity index (χ1n) is 8.66. The third-order valence-corrected chi connectivity index (χ3v) is 4.89. The molecule has 0 spiro atoms. The molecule has 4 heteroatoms. The minimum atomic E-state index is -0.402. The summed E-state index contributed by atoms with van der Waals surface area (Å²) in [6.45, 7) is 0. The number of rotatable bonds is 2. The topological polar surface area (TPSA) is 49.7 Å². The monoisotopic (exact) mass is 350 g/mol. The van der Waals surface area contributed by atoms with Crippen molar-refractivity contribution in [2.24, 2.45) is 5.10 Å². The van der Waals surface area contributed by atoms with Crippen LogP contribution >= 0.6 is 0 Å². The number of hydrogen-bond donors (Lipinski definition) is 0. The van der Waals surface area contributed by atoms with Crippen molar-refractivity contribution >= 4 is 39.6 Å². The van der Waals surface area contributed by atoms with Gasteiger partial charge in [0.05, 0.1) is 17.3 Å². The highest BCUT2D eigenvalue weighted by molar-refractivity contribution is 6.25. The molecule has 2 amide bonds. The van der Waals surface area contributed by atoms with Gasteiger partial charge in [0.25, 0.3) is 11.8 Å². The van der Waals surface area contributed by atoms with E-state index in [1.165, 1.54) is 0 Å². The predicted octanol–water partition coefficient (Wildman–Crippen LogP) is 4.62. The van der Waals surface area contributed by atoms with Gasteiger partial charge in [-0.05, 0) is 28.3 Å². The maximum absolute atomic E-state index is 12.9. The maximum atomic E-state index is 12.9. The Bertz CT molecular complexity index is 1220. The van der Waals surface area contributed by atoms with E-state index in [0.29, 0.717) is 16.5 Å². The van der Waals surface area contributed by atoms with Crippen molar-refractivity contribution < 1.29 is 9.59 Å². The van der Waals surface area contributed by atoms with Crippen molar-refractivity contribution in [1.82, 2.24) is 5.01 Å². The molecule has 0 bridgehead atoms. The summed E-state index contributed by atoms with van der Waals surface area (Å²) in [4.78, 5) is 25.8. The zero-order valence-electron chi connectivity index (χ0n) is 14.3. The molecule has 128 valence electrons. The average Bonchev–Trinajstić information content (AvgIpc) is 2.72. The van der Waals surface area contributed by atoms with Crippen LogP contribution in [0.5, 0.6) is 0 Å². The zero-order valence-corrected chi connectivity index (χ0v) is 14.3. The molecule has 1 aliphatic rings. The van der Waals surface area contributed by atoms with Gasteiger partial charge in [0.2, 0.25) is 0 Å². The van der Waals surface area contributed by atoms with Crippen LogP contribution in [0.3, 0.4) is 0 Å². The van der Waals surface area contributed by atoms with E-state index in [9.17, 15) is 9.59 Å². The first-order chi connectivity index (χ1) is 13.2. The number of benzene rings is 4. The summed E-state index contributed by atoms with van der Waals surface area (Å²) in [7, 11) is 0. The van der Waals surface area contributed by atoms with Crippen LogP contribution in [0.4, 0.5) is 0 Å². The standard InChI is InChI=1S/C23H14N2O2/c26-22-19-12-4-8-16-9-5-13-20(21(16)19)23(27)25(22)24-14-17-10-3-7-15-6-1-2-11-18(15)17/h1-14H. The van der Waals surface area contributed by atoms with Crippen LogP contribution in [-0.4, -0.2) is 23.0 Å². The summed E-state index contributed by atoms with van der Waals surface area (Å²) in [5, 5.41) is 8.89. The summed E-state index contributed by atoms with van der Waals surface area (Å²) in [6, 6.07) is 24.7. The Balaban J connectivity index is 1.61. The Kier molecular flexibility index (Phi) is 3.37. The normalized spacial score (nSPS) is 13.9. The summed E-state index contributed by atoms with van der Waals surface area (Å²) < 4.78 is 0. The van der Waals surface area contributed by atoms with Gasteiger partial charge in [-0.25, -0.2) is 0 Å². The van der Waals surface area contributed by atoms with Crippen LogP contribution in [0.15, 0.2) is 84.0 Å². The number of hydrogen-bond acceptors (Lipinski definition) is 3. The molecule has 1 aliphatic heterocycles. The molecular weight excluding hydrogens is 336 g/mol. The van der Waals surface area contributed by atoms with Gasteiger partial charge >= 0.3 is 0 Å². The third kappa shape index (κ3) is 2.34. The zero-order chi connectivity index (χ0) is 18.4. The van der Waals surface area contributed by atoms with E-state index in [2.05, 4.69) is 5.10 Å². The molecule has 0 saturated heterocycles. The molecule has 0 aliphatic carbocycles. The Hall–Kier alpha value is -3.79. The van der Waals surface area contributed by atoms with Crippen LogP contribution in [-0.2, 0) is 0 Å². The Labute approximate surface area is 155 Å². The first-order valence-corrected chi connectivity index (χ1v) is 8.66. The second-order valence-electron chi connectivity index (χ2n) is 6.44. The number of nitrogens with zero attached hydrogens (tertiary/aromatic N) is 2. The van der Waals surface area contributed by atoms with E-state index in [4.69, 9.17) is 0 Å². The lowest BCUT2D eigenvalue weighted by atomic mass is 9.95. The van der Waals surface area contributed by atoms with Crippen molar-refractivity contribution in [2.75, 3.05) is 0 Å². The molecule has 0 N–H and O–H groups in total. The van der Waals surface area contributed by atoms with Crippen molar-refractivity contribution in [3.63, 3.8) is 0 Å². The fraction of sp³-hybridized carbons (Fsp3) is 0. The SMILES string of the molecule is O=C1c2cccc3cccc(c23)C(=O)N1N=Cc1cccc2ccccc12. The van der Waals surface area contributed by atoms with E-state index in [1.807, 2.05) is 66.7 Å². The lowest BCUT2D eigenvalue weighted by Crippen LogP contribution is -2.36. The van der Waals surface area contributed by atoms with Crippen LogP contribution < -0.4 is 0 Å². The molecule has 0 saturated carbocycles. The number of amides is 2. The van der Waals surface area contributed by atoms with E-state index >= 15 is 0 Å². The van der Waals surface area contributed by atoms with Gasteiger partial charge < -0.3 is 0 Å². The highest BCUT2D eigenvalue weighted by atomic mass is 16.2. The number of hydrazone groups is 1. The lowest BCUT2D eigenvalue weighted by Gasteiger charge is -2.23. The maximum Gasteiger partial charge on any atom is 0.282 e. The molecule has 4 aromatic carbocycles. The van der Waals surface area contributed by atoms with Crippen molar-refractivity contribution in [2.45, 2.75) is 0 Å². The highest BCUT2D eigenvalue weighted by Crippen LogP contribution is 2.30. The largest absolute Gasteiger partial charge is 0.282 e. The van der Waals surface area contributed by atoms with Gasteiger partial charge in [0, 0.05) is 10.9 Å². The molecule has 0 fully saturated rings. The molecule has 0 unspecified atom stereocenters. The number of fused-ring (bicyclic) bond motifs is 1. The van der Waals surface area contributed by atoms with Gasteiger partial charge in [0.1, 0.15) is 0 Å². The first kappa shape index (κ1) is 15.5. The van der Waals surface area contributed by atoms with Crippen LogP contribution in [0.1, 0.15) is 26.3 Å². The highest BCUT2D eigenvalue weighted by Gasteiger charge is 2.32. The predicted molar refractivity (Wildman–Crippen MR) is 106 cm³/mol. The second-order valence-corrected chi connectivity index (χ2v) is 6.44. The van der Waals surface area contributed by atoms with Crippen LogP contribution in [0.2, 0.25) is 0 Å². The van der Waals surface area contributed by atoms with Crippen LogP contribution in [0, 0.1) is 0 Å². The molecule has 4 nitrogen and oxygen atoms in total. The summed E-state index contributed by atoms with van der Waals surface area (Å²) in [5.41, 5.74) is 1.85. The Morgan fingerprint density at radius 1 is 0.667 bits per heavy atom. The molecule has 1 heterocycles.